The predicted octanol–water partition coefficient (Wildman–Crippen LogP) is 3.96. The van der Waals surface area contributed by atoms with Gasteiger partial charge in [0.1, 0.15) is 0 Å². The van der Waals surface area contributed by atoms with E-state index in [1.807, 2.05) is 0 Å². The lowest BCUT2D eigenvalue weighted by molar-refractivity contribution is -0.135. The number of ether oxygens (including phenoxy) is 2. The summed E-state index contributed by atoms with van der Waals surface area (Å²) in [4.78, 5) is 28.3. The summed E-state index contributed by atoms with van der Waals surface area (Å²) in [6.45, 7) is -2.46. The van der Waals surface area contributed by atoms with Crippen molar-refractivity contribution < 1.29 is 27.8 Å². The summed E-state index contributed by atoms with van der Waals surface area (Å²) in [5.74, 6) is -0.732. The van der Waals surface area contributed by atoms with Gasteiger partial charge in [-0.2, -0.15) is 8.78 Å². The Labute approximate surface area is 177 Å². The highest BCUT2D eigenvalue weighted by Gasteiger charge is 2.36. The lowest BCUT2D eigenvalue weighted by Gasteiger charge is -2.22. The van der Waals surface area contributed by atoms with Crippen molar-refractivity contribution in [2.24, 2.45) is 5.92 Å². The zero-order chi connectivity index (χ0) is 21.8. The second-order valence-corrected chi connectivity index (χ2v) is 7.38. The molecule has 2 aromatic rings. The second kappa shape index (κ2) is 9.30. The number of benzene rings is 2. The Kier molecular flexibility index (Phi) is 6.77. The zero-order valence-corrected chi connectivity index (χ0v) is 17.2. The number of anilines is 1. The number of hydrogen-bond acceptors (Lipinski definition) is 4. The molecule has 0 saturated carbocycles. The molecule has 0 aromatic heterocycles. The van der Waals surface area contributed by atoms with E-state index in [9.17, 15) is 18.4 Å². The zero-order valence-electron chi connectivity index (χ0n) is 16.5. The first-order valence-corrected chi connectivity index (χ1v) is 9.59. The van der Waals surface area contributed by atoms with Crippen molar-refractivity contribution >= 4 is 29.1 Å². The molecule has 2 amide bonds. The summed E-state index contributed by atoms with van der Waals surface area (Å²) < 4.78 is 34.4. The van der Waals surface area contributed by atoms with Crippen molar-refractivity contribution in [1.82, 2.24) is 4.90 Å². The van der Waals surface area contributed by atoms with Crippen LogP contribution in [-0.2, 0) is 16.1 Å². The first-order chi connectivity index (χ1) is 14.3. The molecule has 1 unspecified atom stereocenters. The highest BCUT2D eigenvalue weighted by atomic mass is 35.5. The van der Waals surface area contributed by atoms with Gasteiger partial charge < -0.3 is 19.3 Å². The van der Waals surface area contributed by atoms with Gasteiger partial charge in [0.25, 0.3) is 0 Å². The van der Waals surface area contributed by atoms with Crippen LogP contribution in [0.1, 0.15) is 12.0 Å². The third-order valence-corrected chi connectivity index (χ3v) is 5.07. The van der Waals surface area contributed by atoms with Crippen LogP contribution in [0.15, 0.2) is 42.5 Å². The van der Waals surface area contributed by atoms with Gasteiger partial charge in [0.05, 0.1) is 13.0 Å². The molecule has 0 spiro atoms. The van der Waals surface area contributed by atoms with Crippen LogP contribution in [0.2, 0.25) is 5.02 Å². The molecule has 0 N–H and O–H groups in total. The first-order valence-electron chi connectivity index (χ1n) is 9.21. The van der Waals surface area contributed by atoms with E-state index in [2.05, 4.69) is 4.74 Å². The Bertz CT molecular complexity index is 941. The number of hydrogen-bond donors (Lipinski definition) is 0. The highest BCUT2D eigenvalue weighted by Crippen LogP contribution is 2.31. The first kappa shape index (κ1) is 21.8. The Morgan fingerprint density at radius 3 is 2.70 bits per heavy atom. The quantitative estimate of drug-likeness (QED) is 0.656. The topological polar surface area (TPSA) is 59.1 Å². The second-order valence-electron chi connectivity index (χ2n) is 6.94. The third-order valence-electron chi connectivity index (χ3n) is 4.83. The van der Waals surface area contributed by atoms with Crippen molar-refractivity contribution in [3.8, 4) is 11.5 Å². The van der Waals surface area contributed by atoms with Crippen LogP contribution in [0.5, 0.6) is 11.5 Å². The van der Waals surface area contributed by atoms with E-state index >= 15 is 0 Å². The Hall–Kier alpha value is -2.87. The number of nitrogens with zero attached hydrogens (tertiary/aromatic N) is 2. The van der Waals surface area contributed by atoms with Crippen LogP contribution in [0.25, 0.3) is 0 Å². The average Bonchev–Trinajstić information content (AvgIpc) is 3.09. The molecule has 6 nitrogen and oxygen atoms in total. The van der Waals surface area contributed by atoms with Crippen molar-refractivity contribution in [1.29, 1.82) is 0 Å². The minimum atomic E-state index is -2.96. The average molecular weight is 439 g/mol. The number of carbonyl (C=O) groups is 2. The predicted molar refractivity (Wildman–Crippen MR) is 108 cm³/mol. The third kappa shape index (κ3) is 4.99. The van der Waals surface area contributed by atoms with Gasteiger partial charge in [-0.1, -0.05) is 23.7 Å². The number of carbonyl (C=O) groups excluding carboxylic acids is 2. The smallest absolute Gasteiger partial charge is 0.387 e. The minimum absolute atomic E-state index is 0.0798. The standard InChI is InChI=1S/C21H21ClF2N2O4/c1-25(11-13-6-7-17(30-21(23)24)18(8-13)29-2)20(28)14-9-19(27)26(12-14)16-5-3-4-15(22)10-16/h3-8,10,14,21H,9,11-12H2,1-2H3. The Balaban J connectivity index is 1.67. The molecule has 3 rings (SSSR count). The van der Waals surface area contributed by atoms with Gasteiger partial charge in [0.15, 0.2) is 11.5 Å². The van der Waals surface area contributed by atoms with Crippen LogP contribution in [0.4, 0.5) is 14.5 Å². The number of halogens is 3. The van der Waals surface area contributed by atoms with E-state index in [0.29, 0.717) is 16.3 Å². The van der Waals surface area contributed by atoms with E-state index < -0.39 is 12.5 Å². The van der Waals surface area contributed by atoms with Gasteiger partial charge in [-0.25, -0.2) is 0 Å². The SMILES string of the molecule is COc1cc(CN(C)C(=O)C2CC(=O)N(c3cccc(Cl)c3)C2)ccc1OC(F)F. The van der Waals surface area contributed by atoms with Crippen molar-refractivity contribution in [3.63, 3.8) is 0 Å². The largest absolute Gasteiger partial charge is 0.493 e. The van der Waals surface area contributed by atoms with Gasteiger partial charge in [0.2, 0.25) is 11.8 Å². The maximum Gasteiger partial charge on any atom is 0.387 e. The lowest BCUT2D eigenvalue weighted by Crippen LogP contribution is -2.34. The molecule has 1 saturated heterocycles. The summed E-state index contributed by atoms with van der Waals surface area (Å²) >= 11 is 6.00. The van der Waals surface area contributed by atoms with Gasteiger partial charge in [-0.05, 0) is 35.9 Å². The molecule has 1 fully saturated rings. The molecular formula is C21H21ClF2N2O4. The lowest BCUT2D eigenvalue weighted by atomic mass is 10.1. The van der Waals surface area contributed by atoms with E-state index in [-0.39, 0.29) is 42.8 Å². The fourth-order valence-electron chi connectivity index (χ4n) is 3.43. The minimum Gasteiger partial charge on any atom is -0.493 e. The van der Waals surface area contributed by atoms with Crippen LogP contribution in [-0.4, -0.2) is 44.0 Å². The highest BCUT2D eigenvalue weighted by molar-refractivity contribution is 6.31. The summed E-state index contributed by atoms with van der Waals surface area (Å²) in [6, 6.07) is 11.4. The molecule has 0 aliphatic carbocycles. The molecule has 0 radical (unpaired) electrons. The maximum absolute atomic E-state index is 12.9. The molecule has 0 bridgehead atoms. The molecule has 9 heteroatoms. The monoisotopic (exact) mass is 438 g/mol. The Morgan fingerprint density at radius 1 is 1.27 bits per heavy atom. The molecule has 160 valence electrons. The van der Waals surface area contributed by atoms with Crippen molar-refractivity contribution in [3.05, 3.63) is 53.1 Å². The molecule has 30 heavy (non-hydrogen) atoms. The van der Waals surface area contributed by atoms with Crippen molar-refractivity contribution in [2.75, 3.05) is 25.6 Å². The Morgan fingerprint density at radius 2 is 2.03 bits per heavy atom. The van der Waals surface area contributed by atoms with Gasteiger partial charge in [-0.3, -0.25) is 9.59 Å². The van der Waals surface area contributed by atoms with E-state index in [4.69, 9.17) is 16.3 Å². The van der Waals surface area contributed by atoms with E-state index in [1.54, 1.807) is 48.3 Å². The molecular weight excluding hydrogens is 418 g/mol. The van der Waals surface area contributed by atoms with E-state index in [1.165, 1.54) is 18.1 Å². The van der Waals surface area contributed by atoms with Crippen molar-refractivity contribution in [2.45, 2.75) is 19.6 Å². The normalized spacial score (nSPS) is 16.1. The summed E-state index contributed by atoms with van der Waals surface area (Å²) in [7, 11) is 2.98. The van der Waals surface area contributed by atoms with Crippen LogP contribution >= 0.6 is 11.6 Å². The number of methoxy groups -OCH3 is 1. The van der Waals surface area contributed by atoms with Crippen LogP contribution < -0.4 is 14.4 Å². The van der Waals surface area contributed by atoms with E-state index in [0.717, 1.165) is 0 Å². The number of amides is 2. The molecule has 1 atom stereocenters. The van der Waals surface area contributed by atoms with Gasteiger partial charge in [-0.15, -0.1) is 0 Å². The summed E-state index contributed by atoms with van der Waals surface area (Å²) in [5, 5.41) is 0.514. The molecule has 1 aliphatic rings. The summed E-state index contributed by atoms with van der Waals surface area (Å²) in [5.41, 5.74) is 1.34. The van der Waals surface area contributed by atoms with Gasteiger partial charge in [0, 0.05) is 37.3 Å². The number of rotatable bonds is 7. The molecule has 2 aromatic carbocycles. The van der Waals surface area contributed by atoms with Gasteiger partial charge >= 0.3 is 6.61 Å². The fraction of sp³-hybridized carbons (Fsp3) is 0.333. The fourth-order valence-corrected chi connectivity index (χ4v) is 3.62. The number of alkyl halides is 2. The molecule has 1 aliphatic heterocycles. The summed E-state index contributed by atoms with van der Waals surface area (Å²) in [6.07, 6.45) is 0.111. The maximum atomic E-state index is 12.9. The molecule has 1 heterocycles. The van der Waals surface area contributed by atoms with Crippen LogP contribution in [0, 0.1) is 5.92 Å². The van der Waals surface area contributed by atoms with Crippen LogP contribution in [0.3, 0.4) is 0 Å².